The van der Waals surface area contributed by atoms with Gasteiger partial charge in [0.15, 0.2) is 11.6 Å². The van der Waals surface area contributed by atoms with Crippen molar-refractivity contribution < 1.29 is 22.8 Å². The van der Waals surface area contributed by atoms with Gasteiger partial charge in [0.25, 0.3) is 0 Å². The highest BCUT2D eigenvalue weighted by molar-refractivity contribution is 5.96. The number of hydrogen-bond donors (Lipinski definition) is 1. The highest BCUT2D eigenvalue weighted by Gasteiger charge is 2.30. The number of aromatic nitrogens is 3. The quantitative estimate of drug-likeness (QED) is 0.630. The summed E-state index contributed by atoms with van der Waals surface area (Å²) in [6.45, 7) is 4.91. The average molecular weight is 416 g/mol. The molecular formula is C21H19F3N4O2. The molecule has 1 amide bonds. The summed E-state index contributed by atoms with van der Waals surface area (Å²) >= 11 is 0. The Morgan fingerprint density at radius 2 is 1.73 bits per heavy atom. The molecular weight excluding hydrogens is 397 g/mol. The summed E-state index contributed by atoms with van der Waals surface area (Å²) in [7, 11) is 0. The molecule has 3 aromatic rings. The Balaban J connectivity index is 1.76. The van der Waals surface area contributed by atoms with Crippen LogP contribution in [-0.2, 0) is 17.4 Å². The van der Waals surface area contributed by atoms with Gasteiger partial charge in [0.05, 0.1) is 17.7 Å². The standard InChI is InChI=1S/C21H19F3N4O2/c1-12-18(10-20(30)26-17-7-4-15(5-8-17)14(3)29)13(2)28(27-12)19-9-6-16(11-25-19)21(22,23)24/h4-9,11H,10H2,1-3H3,(H,26,30). The molecule has 0 saturated carbocycles. The average Bonchev–Trinajstić information content (AvgIpc) is 2.96. The molecule has 0 unspecified atom stereocenters. The first-order valence-corrected chi connectivity index (χ1v) is 9.06. The first-order valence-electron chi connectivity index (χ1n) is 9.06. The topological polar surface area (TPSA) is 76.9 Å². The Labute approximate surface area is 170 Å². The van der Waals surface area contributed by atoms with E-state index in [1.165, 1.54) is 17.7 Å². The van der Waals surface area contributed by atoms with Crippen LogP contribution in [0.3, 0.4) is 0 Å². The van der Waals surface area contributed by atoms with Crippen LogP contribution in [0.4, 0.5) is 18.9 Å². The second-order valence-electron chi connectivity index (χ2n) is 6.82. The zero-order valence-electron chi connectivity index (χ0n) is 16.5. The van der Waals surface area contributed by atoms with E-state index in [-0.39, 0.29) is 23.9 Å². The zero-order valence-corrected chi connectivity index (χ0v) is 16.5. The number of rotatable bonds is 5. The van der Waals surface area contributed by atoms with E-state index in [2.05, 4.69) is 15.4 Å². The highest BCUT2D eigenvalue weighted by atomic mass is 19.4. The molecule has 9 heteroatoms. The molecule has 6 nitrogen and oxygen atoms in total. The first kappa shape index (κ1) is 21.2. The van der Waals surface area contributed by atoms with Gasteiger partial charge in [-0.2, -0.15) is 18.3 Å². The van der Waals surface area contributed by atoms with E-state index in [1.807, 2.05) is 0 Å². The summed E-state index contributed by atoms with van der Waals surface area (Å²) in [5, 5.41) is 7.07. The molecule has 0 spiro atoms. The summed E-state index contributed by atoms with van der Waals surface area (Å²) < 4.78 is 39.6. The lowest BCUT2D eigenvalue weighted by Gasteiger charge is -2.09. The minimum atomic E-state index is -4.47. The maximum atomic E-state index is 12.7. The molecule has 0 bridgehead atoms. The summed E-state index contributed by atoms with van der Waals surface area (Å²) in [6.07, 6.45) is -3.68. The number of nitrogens with zero attached hydrogens (tertiary/aromatic N) is 3. The van der Waals surface area contributed by atoms with Gasteiger partial charge in [0, 0.05) is 28.7 Å². The Morgan fingerprint density at radius 1 is 1.07 bits per heavy atom. The third-order valence-corrected chi connectivity index (χ3v) is 4.65. The van der Waals surface area contributed by atoms with Gasteiger partial charge in [-0.25, -0.2) is 9.67 Å². The molecule has 0 fully saturated rings. The largest absolute Gasteiger partial charge is 0.417 e. The minimum Gasteiger partial charge on any atom is -0.326 e. The maximum absolute atomic E-state index is 12.7. The Bertz CT molecular complexity index is 1090. The van der Waals surface area contributed by atoms with Crippen molar-refractivity contribution in [2.24, 2.45) is 0 Å². The fourth-order valence-electron chi connectivity index (χ4n) is 2.99. The third-order valence-electron chi connectivity index (χ3n) is 4.65. The Kier molecular flexibility index (Phi) is 5.73. The Morgan fingerprint density at radius 3 is 2.27 bits per heavy atom. The fraction of sp³-hybridized carbons (Fsp3) is 0.238. The van der Waals surface area contributed by atoms with Crippen LogP contribution in [0.1, 0.15) is 39.8 Å². The number of benzene rings is 1. The summed E-state index contributed by atoms with van der Waals surface area (Å²) in [4.78, 5) is 27.6. The number of halogens is 3. The lowest BCUT2D eigenvalue weighted by atomic mass is 10.1. The number of pyridine rings is 1. The fourth-order valence-corrected chi connectivity index (χ4v) is 2.99. The smallest absolute Gasteiger partial charge is 0.326 e. The number of alkyl halides is 3. The number of carbonyl (C=O) groups is 2. The molecule has 3 rings (SSSR count). The van der Waals surface area contributed by atoms with E-state index in [0.717, 1.165) is 12.3 Å². The number of nitrogens with one attached hydrogen (secondary N) is 1. The summed E-state index contributed by atoms with van der Waals surface area (Å²) in [5.41, 5.74) is 2.11. The maximum Gasteiger partial charge on any atom is 0.417 e. The third kappa shape index (κ3) is 4.56. The van der Waals surface area contributed by atoms with Crippen molar-refractivity contribution in [1.82, 2.24) is 14.8 Å². The van der Waals surface area contributed by atoms with E-state index in [4.69, 9.17) is 0 Å². The number of aryl methyl sites for hydroxylation is 1. The molecule has 2 heterocycles. The highest BCUT2D eigenvalue weighted by Crippen LogP contribution is 2.29. The van der Waals surface area contributed by atoms with Crippen molar-refractivity contribution in [2.45, 2.75) is 33.4 Å². The van der Waals surface area contributed by atoms with E-state index in [9.17, 15) is 22.8 Å². The number of ketones is 1. The lowest BCUT2D eigenvalue weighted by Crippen LogP contribution is -2.15. The molecule has 0 atom stereocenters. The van der Waals surface area contributed by atoms with Gasteiger partial charge in [0.2, 0.25) is 5.91 Å². The van der Waals surface area contributed by atoms with E-state index in [1.54, 1.807) is 38.1 Å². The van der Waals surface area contributed by atoms with Gasteiger partial charge in [0.1, 0.15) is 0 Å². The van der Waals surface area contributed by atoms with Crippen LogP contribution in [0.5, 0.6) is 0 Å². The molecule has 0 aliphatic heterocycles. The van der Waals surface area contributed by atoms with E-state index in [0.29, 0.717) is 28.2 Å². The first-order chi connectivity index (χ1) is 14.1. The molecule has 30 heavy (non-hydrogen) atoms. The van der Waals surface area contributed by atoms with E-state index < -0.39 is 11.7 Å². The molecule has 2 aromatic heterocycles. The normalized spacial score (nSPS) is 11.4. The minimum absolute atomic E-state index is 0.0345. The Hall–Kier alpha value is -3.49. The van der Waals surface area contributed by atoms with Gasteiger partial charge in [-0.15, -0.1) is 0 Å². The number of anilines is 1. The number of Topliss-reactive ketones (excluding diaryl/α,β-unsaturated/α-hetero) is 1. The van der Waals surface area contributed by atoms with Crippen LogP contribution in [0.2, 0.25) is 0 Å². The van der Waals surface area contributed by atoms with Crippen LogP contribution in [0, 0.1) is 13.8 Å². The summed E-state index contributed by atoms with van der Waals surface area (Å²) in [5.74, 6) is -0.116. The van der Waals surface area contributed by atoms with Crippen molar-refractivity contribution in [3.63, 3.8) is 0 Å². The van der Waals surface area contributed by atoms with Crippen molar-refractivity contribution in [3.05, 3.63) is 70.7 Å². The van der Waals surface area contributed by atoms with Crippen LogP contribution in [0.15, 0.2) is 42.6 Å². The molecule has 1 aromatic carbocycles. The number of amides is 1. The zero-order chi connectivity index (χ0) is 22.1. The molecule has 1 N–H and O–H groups in total. The monoisotopic (exact) mass is 416 g/mol. The second-order valence-corrected chi connectivity index (χ2v) is 6.82. The molecule has 156 valence electrons. The number of carbonyl (C=O) groups excluding carboxylic acids is 2. The molecule has 0 aliphatic rings. The van der Waals surface area contributed by atoms with Gasteiger partial charge in [-0.1, -0.05) is 0 Å². The summed E-state index contributed by atoms with van der Waals surface area (Å²) in [6, 6.07) is 8.72. The molecule has 0 saturated heterocycles. The van der Waals surface area contributed by atoms with Gasteiger partial charge in [-0.05, 0) is 57.2 Å². The van der Waals surface area contributed by atoms with Gasteiger partial charge in [-0.3, -0.25) is 9.59 Å². The second kappa shape index (κ2) is 8.10. The van der Waals surface area contributed by atoms with Gasteiger partial charge < -0.3 is 5.32 Å². The van der Waals surface area contributed by atoms with Crippen molar-refractivity contribution in [3.8, 4) is 5.82 Å². The van der Waals surface area contributed by atoms with Crippen LogP contribution in [0.25, 0.3) is 5.82 Å². The van der Waals surface area contributed by atoms with Crippen LogP contribution < -0.4 is 5.32 Å². The van der Waals surface area contributed by atoms with Gasteiger partial charge >= 0.3 is 6.18 Å². The molecule has 0 aliphatic carbocycles. The van der Waals surface area contributed by atoms with Crippen LogP contribution in [-0.4, -0.2) is 26.5 Å². The van der Waals surface area contributed by atoms with Crippen LogP contribution >= 0.6 is 0 Å². The predicted octanol–water partition coefficient (Wildman–Crippen LogP) is 4.29. The molecule has 0 radical (unpaired) electrons. The predicted molar refractivity (Wildman–Crippen MR) is 105 cm³/mol. The SMILES string of the molecule is CC(=O)c1ccc(NC(=O)Cc2c(C)nn(-c3ccc(C(F)(F)F)cn3)c2C)cc1. The van der Waals surface area contributed by atoms with Crippen molar-refractivity contribution in [1.29, 1.82) is 0 Å². The van der Waals surface area contributed by atoms with E-state index >= 15 is 0 Å². The van der Waals surface area contributed by atoms with Crippen molar-refractivity contribution >= 4 is 17.4 Å². The van der Waals surface area contributed by atoms with Crippen molar-refractivity contribution in [2.75, 3.05) is 5.32 Å². The number of hydrogen-bond acceptors (Lipinski definition) is 4. The lowest BCUT2D eigenvalue weighted by molar-refractivity contribution is -0.137.